The molecule has 0 saturated carbocycles. The van der Waals surface area contributed by atoms with Crippen molar-refractivity contribution < 1.29 is 9.53 Å². The lowest BCUT2D eigenvalue weighted by Gasteiger charge is -2.27. The summed E-state index contributed by atoms with van der Waals surface area (Å²) in [6.45, 7) is 5.56. The number of morpholine rings is 1. The van der Waals surface area contributed by atoms with Gasteiger partial charge in [-0.2, -0.15) is 0 Å². The van der Waals surface area contributed by atoms with Crippen LogP contribution in [0.3, 0.4) is 0 Å². The predicted octanol–water partition coefficient (Wildman–Crippen LogP) is 2.59. The molecule has 1 aliphatic heterocycles. The van der Waals surface area contributed by atoms with E-state index in [9.17, 15) is 4.79 Å². The van der Waals surface area contributed by atoms with Gasteiger partial charge >= 0.3 is 0 Å². The Kier molecular flexibility index (Phi) is 5.43. The molecule has 0 spiro atoms. The lowest BCUT2D eigenvalue weighted by atomic mass is 10.0. The molecule has 0 radical (unpaired) electrons. The Morgan fingerprint density at radius 2 is 2.00 bits per heavy atom. The minimum Gasteiger partial charge on any atom is -0.379 e. The standard InChI is InChI=1S/C18H22N2O2S/c1-14-4-6-15(7-5-14)18(16-3-2-12-23-16)19-17(21)13-20-8-10-22-11-9-20/h2-7,12,18H,8-11,13H2,1H3,(H,19,21). The van der Waals surface area contributed by atoms with Crippen molar-refractivity contribution in [2.45, 2.75) is 13.0 Å². The number of hydrogen-bond acceptors (Lipinski definition) is 4. The van der Waals surface area contributed by atoms with Gasteiger partial charge in [0, 0.05) is 18.0 Å². The molecule has 1 amide bonds. The maximum absolute atomic E-state index is 12.5. The quantitative estimate of drug-likeness (QED) is 0.916. The summed E-state index contributed by atoms with van der Waals surface area (Å²) < 4.78 is 5.33. The molecule has 1 aliphatic rings. The van der Waals surface area contributed by atoms with Crippen molar-refractivity contribution in [1.82, 2.24) is 10.2 Å². The number of thiophene rings is 1. The summed E-state index contributed by atoms with van der Waals surface area (Å²) in [5, 5.41) is 5.24. The molecule has 122 valence electrons. The number of amides is 1. The largest absolute Gasteiger partial charge is 0.379 e. The third-order valence-electron chi connectivity index (χ3n) is 4.01. The van der Waals surface area contributed by atoms with E-state index in [4.69, 9.17) is 4.74 Å². The van der Waals surface area contributed by atoms with Gasteiger partial charge in [-0.3, -0.25) is 9.69 Å². The normalized spacial score (nSPS) is 16.9. The molecular weight excluding hydrogens is 308 g/mol. The third-order valence-corrected chi connectivity index (χ3v) is 4.95. The second-order valence-corrected chi connectivity index (χ2v) is 6.79. The molecule has 1 unspecified atom stereocenters. The summed E-state index contributed by atoms with van der Waals surface area (Å²) in [6.07, 6.45) is 0. The summed E-state index contributed by atoms with van der Waals surface area (Å²) >= 11 is 1.67. The highest BCUT2D eigenvalue weighted by atomic mass is 32.1. The molecule has 2 aromatic rings. The minimum atomic E-state index is -0.0795. The number of rotatable bonds is 5. The average Bonchev–Trinajstić information content (AvgIpc) is 3.09. The molecule has 0 bridgehead atoms. The zero-order valence-corrected chi connectivity index (χ0v) is 14.1. The fourth-order valence-electron chi connectivity index (χ4n) is 2.70. The van der Waals surface area contributed by atoms with E-state index in [0.29, 0.717) is 19.8 Å². The molecule has 1 N–H and O–H groups in total. The Morgan fingerprint density at radius 3 is 2.65 bits per heavy atom. The number of hydrogen-bond donors (Lipinski definition) is 1. The van der Waals surface area contributed by atoms with Gasteiger partial charge in [0.1, 0.15) is 0 Å². The van der Waals surface area contributed by atoms with Gasteiger partial charge in [0.15, 0.2) is 0 Å². The van der Waals surface area contributed by atoms with Crippen molar-refractivity contribution in [2.24, 2.45) is 0 Å². The van der Waals surface area contributed by atoms with E-state index < -0.39 is 0 Å². The van der Waals surface area contributed by atoms with Gasteiger partial charge in [-0.15, -0.1) is 11.3 Å². The number of carbonyl (C=O) groups excluding carboxylic acids is 1. The van der Waals surface area contributed by atoms with Crippen LogP contribution in [0, 0.1) is 6.92 Å². The van der Waals surface area contributed by atoms with Crippen molar-refractivity contribution >= 4 is 17.2 Å². The van der Waals surface area contributed by atoms with Gasteiger partial charge < -0.3 is 10.1 Å². The molecule has 3 rings (SSSR count). The molecule has 1 atom stereocenters. The van der Waals surface area contributed by atoms with Crippen molar-refractivity contribution in [3.05, 3.63) is 57.8 Å². The first kappa shape index (κ1) is 16.2. The van der Waals surface area contributed by atoms with Crippen LogP contribution in [0.2, 0.25) is 0 Å². The van der Waals surface area contributed by atoms with E-state index in [-0.39, 0.29) is 11.9 Å². The van der Waals surface area contributed by atoms with Crippen LogP contribution >= 0.6 is 11.3 Å². The van der Waals surface area contributed by atoms with Gasteiger partial charge in [-0.1, -0.05) is 35.9 Å². The molecule has 1 aromatic carbocycles. The molecule has 4 nitrogen and oxygen atoms in total. The first-order valence-corrected chi connectivity index (χ1v) is 8.80. The van der Waals surface area contributed by atoms with E-state index in [1.54, 1.807) is 11.3 Å². The highest BCUT2D eigenvalue weighted by Crippen LogP contribution is 2.26. The zero-order chi connectivity index (χ0) is 16.1. The Balaban J connectivity index is 1.71. The predicted molar refractivity (Wildman–Crippen MR) is 92.7 cm³/mol. The second-order valence-electron chi connectivity index (χ2n) is 5.82. The van der Waals surface area contributed by atoms with E-state index in [1.165, 1.54) is 5.56 Å². The van der Waals surface area contributed by atoms with E-state index in [2.05, 4.69) is 47.5 Å². The summed E-state index contributed by atoms with van der Waals surface area (Å²) in [5.41, 5.74) is 2.34. The molecule has 1 fully saturated rings. The van der Waals surface area contributed by atoms with Crippen LogP contribution in [0.4, 0.5) is 0 Å². The zero-order valence-electron chi connectivity index (χ0n) is 13.3. The van der Waals surface area contributed by atoms with Crippen LogP contribution in [0.1, 0.15) is 22.0 Å². The van der Waals surface area contributed by atoms with Crippen molar-refractivity contribution in [2.75, 3.05) is 32.8 Å². The van der Waals surface area contributed by atoms with Crippen LogP contribution in [-0.2, 0) is 9.53 Å². The monoisotopic (exact) mass is 330 g/mol. The van der Waals surface area contributed by atoms with E-state index >= 15 is 0 Å². The SMILES string of the molecule is Cc1ccc(C(NC(=O)CN2CCOCC2)c2cccs2)cc1. The molecule has 1 saturated heterocycles. The van der Waals surface area contributed by atoms with Crippen LogP contribution in [0.15, 0.2) is 41.8 Å². The van der Waals surface area contributed by atoms with Crippen LogP contribution in [0.5, 0.6) is 0 Å². The van der Waals surface area contributed by atoms with Gasteiger partial charge in [-0.25, -0.2) is 0 Å². The van der Waals surface area contributed by atoms with Gasteiger partial charge in [0.05, 0.1) is 25.8 Å². The van der Waals surface area contributed by atoms with Gasteiger partial charge in [0.25, 0.3) is 0 Å². The van der Waals surface area contributed by atoms with E-state index in [0.717, 1.165) is 23.5 Å². The number of nitrogens with one attached hydrogen (secondary N) is 1. The van der Waals surface area contributed by atoms with Crippen molar-refractivity contribution in [3.8, 4) is 0 Å². The maximum Gasteiger partial charge on any atom is 0.234 e. The smallest absolute Gasteiger partial charge is 0.234 e. The summed E-state index contributed by atoms with van der Waals surface area (Å²) in [6, 6.07) is 12.4. The first-order chi connectivity index (χ1) is 11.2. The summed E-state index contributed by atoms with van der Waals surface area (Å²) in [5.74, 6) is 0.0610. The number of aryl methyl sites for hydroxylation is 1. The fourth-order valence-corrected chi connectivity index (χ4v) is 3.50. The summed E-state index contributed by atoms with van der Waals surface area (Å²) in [4.78, 5) is 15.8. The molecule has 0 aliphatic carbocycles. The topological polar surface area (TPSA) is 41.6 Å². The second kappa shape index (κ2) is 7.73. The highest BCUT2D eigenvalue weighted by molar-refractivity contribution is 7.10. The molecule has 23 heavy (non-hydrogen) atoms. The highest BCUT2D eigenvalue weighted by Gasteiger charge is 2.20. The fraction of sp³-hybridized carbons (Fsp3) is 0.389. The Hall–Kier alpha value is -1.69. The molecular formula is C18H22N2O2S. The number of ether oxygens (including phenoxy) is 1. The van der Waals surface area contributed by atoms with Crippen LogP contribution in [-0.4, -0.2) is 43.7 Å². The average molecular weight is 330 g/mol. The Labute approximate surface area is 141 Å². The Morgan fingerprint density at radius 1 is 1.26 bits per heavy atom. The number of carbonyl (C=O) groups is 1. The number of benzene rings is 1. The van der Waals surface area contributed by atoms with Crippen LogP contribution < -0.4 is 5.32 Å². The Bertz CT molecular complexity index is 619. The lowest BCUT2D eigenvalue weighted by Crippen LogP contribution is -2.44. The molecule has 5 heteroatoms. The number of nitrogens with zero attached hydrogens (tertiary/aromatic N) is 1. The minimum absolute atomic E-state index is 0.0610. The first-order valence-electron chi connectivity index (χ1n) is 7.92. The molecule has 1 aromatic heterocycles. The van der Waals surface area contributed by atoms with Gasteiger partial charge in [-0.05, 0) is 23.9 Å². The van der Waals surface area contributed by atoms with Gasteiger partial charge in [0.2, 0.25) is 5.91 Å². The maximum atomic E-state index is 12.5. The van der Waals surface area contributed by atoms with E-state index in [1.807, 2.05) is 11.4 Å². The lowest BCUT2D eigenvalue weighted by molar-refractivity contribution is -0.123. The van der Waals surface area contributed by atoms with Crippen LogP contribution in [0.25, 0.3) is 0 Å². The van der Waals surface area contributed by atoms with Crippen molar-refractivity contribution in [3.63, 3.8) is 0 Å². The van der Waals surface area contributed by atoms with Crippen molar-refractivity contribution in [1.29, 1.82) is 0 Å². The third kappa shape index (κ3) is 4.41. The summed E-state index contributed by atoms with van der Waals surface area (Å²) in [7, 11) is 0. The molecule has 2 heterocycles.